The molecule has 0 heterocycles. The van der Waals surface area contributed by atoms with E-state index in [1.807, 2.05) is 6.07 Å². The first kappa shape index (κ1) is 19.0. The van der Waals surface area contributed by atoms with Gasteiger partial charge in [-0.25, -0.2) is 8.42 Å². The molecule has 0 radical (unpaired) electrons. The molecule has 0 fully saturated rings. The van der Waals surface area contributed by atoms with Crippen molar-refractivity contribution in [1.82, 2.24) is 4.31 Å². The first-order chi connectivity index (χ1) is 11.7. The summed E-state index contributed by atoms with van der Waals surface area (Å²) in [6.45, 7) is 0.0216. The molecule has 0 aromatic heterocycles. The van der Waals surface area contributed by atoms with Crippen molar-refractivity contribution >= 4 is 16.1 Å². The van der Waals surface area contributed by atoms with E-state index in [1.165, 1.54) is 25.3 Å². The summed E-state index contributed by atoms with van der Waals surface area (Å²) in [4.78, 5) is 0. The van der Waals surface area contributed by atoms with Crippen molar-refractivity contribution in [2.24, 2.45) is 0 Å². The number of rotatable bonds is 6. The van der Waals surface area contributed by atoms with E-state index in [2.05, 4.69) is 4.74 Å². The van der Waals surface area contributed by atoms with Crippen molar-refractivity contribution in [3.05, 3.63) is 71.1 Å². The van der Waals surface area contributed by atoms with E-state index in [-0.39, 0.29) is 12.3 Å². The second kappa shape index (κ2) is 7.71. The molecule has 134 valence electrons. The lowest BCUT2D eigenvalue weighted by atomic mass is 10.2. The van der Waals surface area contributed by atoms with Gasteiger partial charge in [-0.3, -0.25) is 0 Å². The number of sulfonamides is 1. The third-order valence-electron chi connectivity index (χ3n) is 3.23. The van der Waals surface area contributed by atoms with Crippen molar-refractivity contribution in [3.63, 3.8) is 0 Å². The lowest BCUT2D eigenvalue weighted by Gasteiger charge is -2.15. The largest absolute Gasteiger partial charge is 0.573 e. The fraction of sp³-hybridized carbons (Fsp3) is 0.176. The van der Waals surface area contributed by atoms with Gasteiger partial charge in [-0.1, -0.05) is 42.5 Å². The number of benzene rings is 2. The van der Waals surface area contributed by atoms with Gasteiger partial charge in [-0.05, 0) is 29.3 Å². The van der Waals surface area contributed by atoms with Crippen LogP contribution < -0.4 is 4.74 Å². The Labute approximate surface area is 144 Å². The summed E-state index contributed by atoms with van der Waals surface area (Å²) in [5.41, 5.74) is 1.28. The summed E-state index contributed by atoms with van der Waals surface area (Å²) in [6.07, 6.45) is -3.28. The standard InChI is InChI=1S/C17H16F3NO3S/c1-21(25(22,23)12-11-14-5-3-2-4-6-14)13-15-7-9-16(10-8-15)24-17(18,19)20/h2-12H,13H2,1H3/b12-11+. The maximum Gasteiger partial charge on any atom is 0.573 e. The van der Waals surface area contributed by atoms with Gasteiger partial charge in [0.1, 0.15) is 5.75 Å². The van der Waals surface area contributed by atoms with E-state index in [0.717, 1.165) is 27.4 Å². The van der Waals surface area contributed by atoms with Crippen LogP contribution in [0.4, 0.5) is 13.2 Å². The highest BCUT2D eigenvalue weighted by Gasteiger charge is 2.31. The molecule has 8 heteroatoms. The van der Waals surface area contributed by atoms with Crippen LogP contribution in [0.25, 0.3) is 6.08 Å². The maximum atomic E-state index is 12.2. The van der Waals surface area contributed by atoms with Crippen LogP contribution in [0.1, 0.15) is 11.1 Å². The molecule has 0 aliphatic heterocycles. The Morgan fingerprint density at radius 3 is 2.20 bits per heavy atom. The van der Waals surface area contributed by atoms with Gasteiger partial charge in [0.25, 0.3) is 0 Å². The van der Waals surface area contributed by atoms with Crippen LogP contribution in [0, 0.1) is 0 Å². The van der Waals surface area contributed by atoms with Crippen LogP contribution in [-0.4, -0.2) is 26.1 Å². The maximum absolute atomic E-state index is 12.2. The number of nitrogens with zero attached hydrogens (tertiary/aromatic N) is 1. The van der Waals surface area contributed by atoms with Crippen LogP contribution >= 0.6 is 0 Å². The lowest BCUT2D eigenvalue weighted by molar-refractivity contribution is -0.274. The molecule has 0 bridgehead atoms. The summed E-state index contributed by atoms with van der Waals surface area (Å²) in [7, 11) is -2.26. The number of ether oxygens (including phenoxy) is 1. The normalized spacial score (nSPS) is 12.7. The van der Waals surface area contributed by atoms with E-state index in [4.69, 9.17) is 0 Å². The van der Waals surface area contributed by atoms with Gasteiger partial charge < -0.3 is 4.74 Å². The van der Waals surface area contributed by atoms with E-state index < -0.39 is 16.4 Å². The highest BCUT2D eigenvalue weighted by atomic mass is 32.2. The Morgan fingerprint density at radius 1 is 1.04 bits per heavy atom. The fourth-order valence-corrected chi connectivity index (χ4v) is 2.84. The Bertz CT molecular complexity index is 816. The molecule has 0 atom stereocenters. The zero-order valence-electron chi connectivity index (χ0n) is 13.3. The molecule has 0 aliphatic carbocycles. The van der Waals surface area contributed by atoms with Crippen molar-refractivity contribution in [3.8, 4) is 5.75 Å². The van der Waals surface area contributed by atoms with E-state index in [9.17, 15) is 21.6 Å². The summed E-state index contributed by atoms with van der Waals surface area (Å²) in [5, 5.41) is 1.09. The molecule has 0 unspecified atom stereocenters. The smallest absolute Gasteiger partial charge is 0.406 e. The number of alkyl halides is 3. The van der Waals surface area contributed by atoms with Crippen molar-refractivity contribution in [1.29, 1.82) is 0 Å². The molecule has 0 saturated carbocycles. The van der Waals surface area contributed by atoms with Gasteiger partial charge in [-0.15, -0.1) is 13.2 Å². The Balaban J connectivity index is 2.03. The minimum Gasteiger partial charge on any atom is -0.406 e. The van der Waals surface area contributed by atoms with Crippen LogP contribution in [0.2, 0.25) is 0 Å². The van der Waals surface area contributed by atoms with Gasteiger partial charge in [0, 0.05) is 19.0 Å². The number of halogens is 3. The monoisotopic (exact) mass is 371 g/mol. The van der Waals surface area contributed by atoms with Gasteiger partial charge in [0.05, 0.1) is 0 Å². The SMILES string of the molecule is CN(Cc1ccc(OC(F)(F)F)cc1)S(=O)(=O)/C=C/c1ccccc1. The first-order valence-electron chi connectivity index (χ1n) is 7.20. The minimum atomic E-state index is -4.76. The van der Waals surface area contributed by atoms with Crippen molar-refractivity contribution < 1.29 is 26.3 Å². The second-order valence-electron chi connectivity index (χ2n) is 5.21. The summed E-state index contributed by atoms with van der Waals surface area (Å²) in [6, 6.07) is 14.0. The quantitative estimate of drug-likeness (QED) is 0.771. The average Bonchev–Trinajstić information content (AvgIpc) is 2.54. The molecular formula is C17H16F3NO3S. The van der Waals surface area contributed by atoms with Crippen LogP contribution in [0.15, 0.2) is 60.0 Å². The number of hydrogen-bond donors (Lipinski definition) is 0. The first-order valence-corrected chi connectivity index (χ1v) is 8.70. The molecule has 2 rings (SSSR count). The predicted octanol–water partition coefficient (Wildman–Crippen LogP) is 4.02. The predicted molar refractivity (Wildman–Crippen MR) is 89.0 cm³/mol. The molecule has 25 heavy (non-hydrogen) atoms. The third kappa shape index (κ3) is 6.24. The van der Waals surface area contributed by atoms with Crippen LogP contribution in [-0.2, 0) is 16.6 Å². The lowest BCUT2D eigenvalue weighted by Crippen LogP contribution is -2.24. The summed E-state index contributed by atoms with van der Waals surface area (Å²) < 4.78 is 65.7. The second-order valence-corrected chi connectivity index (χ2v) is 7.13. The molecule has 4 nitrogen and oxygen atoms in total. The summed E-state index contributed by atoms with van der Waals surface area (Å²) in [5.74, 6) is -0.356. The molecule has 0 saturated heterocycles. The molecule has 0 aliphatic rings. The molecule has 0 spiro atoms. The van der Waals surface area contributed by atoms with Crippen LogP contribution in [0.5, 0.6) is 5.75 Å². The van der Waals surface area contributed by atoms with Gasteiger partial charge in [0.2, 0.25) is 10.0 Å². The van der Waals surface area contributed by atoms with Gasteiger partial charge >= 0.3 is 6.36 Å². The third-order valence-corrected chi connectivity index (χ3v) is 4.71. The zero-order chi connectivity index (χ0) is 18.5. The van der Waals surface area contributed by atoms with Gasteiger partial charge in [-0.2, -0.15) is 4.31 Å². The Hall–Kier alpha value is -2.32. The molecule has 0 amide bonds. The van der Waals surface area contributed by atoms with Crippen molar-refractivity contribution in [2.45, 2.75) is 12.9 Å². The van der Waals surface area contributed by atoms with Gasteiger partial charge in [0.15, 0.2) is 0 Å². The molecular weight excluding hydrogens is 355 g/mol. The zero-order valence-corrected chi connectivity index (χ0v) is 14.1. The Kier molecular flexibility index (Phi) is 5.86. The highest BCUT2D eigenvalue weighted by molar-refractivity contribution is 7.92. The average molecular weight is 371 g/mol. The molecule has 2 aromatic carbocycles. The van der Waals surface area contributed by atoms with E-state index in [0.29, 0.717) is 5.56 Å². The summed E-state index contributed by atoms with van der Waals surface area (Å²) >= 11 is 0. The van der Waals surface area contributed by atoms with E-state index in [1.54, 1.807) is 24.3 Å². The Morgan fingerprint density at radius 2 is 1.64 bits per heavy atom. The van der Waals surface area contributed by atoms with Crippen molar-refractivity contribution in [2.75, 3.05) is 7.05 Å². The molecule has 2 aromatic rings. The number of hydrogen-bond acceptors (Lipinski definition) is 3. The topological polar surface area (TPSA) is 46.6 Å². The van der Waals surface area contributed by atoms with E-state index >= 15 is 0 Å². The minimum absolute atomic E-state index is 0.0216. The molecule has 0 N–H and O–H groups in total. The van der Waals surface area contributed by atoms with Crippen LogP contribution in [0.3, 0.4) is 0 Å². The highest BCUT2D eigenvalue weighted by Crippen LogP contribution is 2.23. The fourth-order valence-electron chi connectivity index (χ4n) is 1.98.